The van der Waals surface area contributed by atoms with E-state index >= 15 is 0 Å². The van der Waals surface area contributed by atoms with Crippen LogP contribution in [0.5, 0.6) is 5.75 Å². The van der Waals surface area contributed by atoms with Crippen LogP contribution in [0, 0.1) is 0 Å². The molecule has 0 fully saturated rings. The maximum Gasteiger partial charge on any atom is 0.180 e. The van der Waals surface area contributed by atoms with E-state index in [0.29, 0.717) is 34.3 Å². The summed E-state index contributed by atoms with van der Waals surface area (Å²) in [5, 5.41) is 16.2. The second kappa shape index (κ2) is 7.42. The summed E-state index contributed by atoms with van der Waals surface area (Å²) in [6, 6.07) is 8.44. The van der Waals surface area contributed by atoms with Gasteiger partial charge in [-0.3, -0.25) is 4.98 Å². The lowest BCUT2D eigenvalue weighted by Gasteiger charge is -2.09. The van der Waals surface area contributed by atoms with Crippen molar-refractivity contribution in [2.75, 3.05) is 11.9 Å². The number of nitrogens with one attached hydrogen (secondary N) is 2. The van der Waals surface area contributed by atoms with Crippen molar-refractivity contribution in [1.82, 2.24) is 20.3 Å². The number of hydrogen-bond donors (Lipinski definition) is 3. The van der Waals surface area contributed by atoms with E-state index in [0.717, 1.165) is 5.56 Å². The first-order valence-electron chi connectivity index (χ1n) is 7.35. The largest absolute Gasteiger partial charge is 0.506 e. The fourth-order valence-electron chi connectivity index (χ4n) is 2.10. The molecule has 0 unspecified atom stereocenters. The van der Waals surface area contributed by atoms with Crippen LogP contribution in [0.1, 0.15) is 0 Å². The number of fused-ring (bicyclic) bond motifs is 1. The van der Waals surface area contributed by atoms with Gasteiger partial charge in [0, 0.05) is 12.1 Å². The van der Waals surface area contributed by atoms with Gasteiger partial charge in [0.15, 0.2) is 10.8 Å². The van der Waals surface area contributed by atoms with E-state index in [1.165, 1.54) is 6.07 Å². The Morgan fingerprint density at radius 1 is 1.28 bits per heavy atom. The molecule has 6 nitrogen and oxygen atoms in total. The first kappa shape index (κ1) is 17.1. The standard InChI is InChI=1S/C17H14ClN5OS/c1-2-7-19-17(25)23-15-6-4-12-16(22-15)21-13(9-20-12)10-3-5-14(24)11(18)8-10/h2-6,8-9,24H,1,7H2,(H2,19,21,22,23,25). The molecule has 126 valence electrons. The second-order valence-corrected chi connectivity index (χ2v) is 5.90. The van der Waals surface area contributed by atoms with Gasteiger partial charge >= 0.3 is 0 Å². The number of phenols is 1. The summed E-state index contributed by atoms with van der Waals surface area (Å²) < 4.78 is 0. The first-order chi connectivity index (χ1) is 12.1. The Labute approximate surface area is 154 Å². The van der Waals surface area contributed by atoms with E-state index in [-0.39, 0.29) is 10.8 Å². The van der Waals surface area contributed by atoms with Crippen LogP contribution >= 0.6 is 23.8 Å². The quantitative estimate of drug-likeness (QED) is 0.478. The van der Waals surface area contributed by atoms with Gasteiger partial charge in [0.05, 0.1) is 16.9 Å². The maximum absolute atomic E-state index is 9.53. The van der Waals surface area contributed by atoms with Crippen LogP contribution in [-0.4, -0.2) is 31.7 Å². The number of benzene rings is 1. The molecule has 3 rings (SSSR count). The number of rotatable bonds is 4. The van der Waals surface area contributed by atoms with Crippen LogP contribution in [-0.2, 0) is 0 Å². The fraction of sp³-hybridized carbons (Fsp3) is 0.0588. The van der Waals surface area contributed by atoms with Gasteiger partial charge in [0.25, 0.3) is 0 Å². The Kier molecular flexibility index (Phi) is 5.06. The molecule has 2 heterocycles. The highest BCUT2D eigenvalue weighted by Gasteiger charge is 2.08. The monoisotopic (exact) mass is 371 g/mol. The van der Waals surface area contributed by atoms with Gasteiger partial charge in [-0.1, -0.05) is 17.7 Å². The predicted octanol–water partition coefficient (Wildman–Crippen LogP) is 3.52. The number of halogens is 1. The van der Waals surface area contributed by atoms with Crippen LogP contribution in [0.15, 0.2) is 49.2 Å². The zero-order valence-corrected chi connectivity index (χ0v) is 14.6. The number of anilines is 1. The number of pyridine rings is 1. The molecular formula is C17H14ClN5OS. The zero-order chi connectivity index (χ0) is 17.8. The lowest BCUT2D eigenvalue weighted by molar-refractivity contribution is 0.475. The highest BCUT2D eigenvalue weighted by atomic mass is 35.5. The van der Waals surface area contributed by atoms with Gasteiger partial charge in [0.2, 0.25) is 0 Å². The van der Waals surface area contributed by atoms with Crippen LogP contribution in [0.25, 0.3) is 22.4 Å². The fourth-order valence-corrected chi connectivity index (χ4v) is 2.47. The molecule has 0 saturated carbocycles. The lowest BCUT2D eigenvalue weighted by Crippen LogP contribution is -2.28. The van der Waals surface area contributed by atoms with Crippen molar-refractivity contribution >= 4 is 45.9 Å². The van der Waals surface area contributed by atoms with Crippen LogP contribution in [0.2, 0.25) is 5.02 Å². The predicted molar refractivity (Wildman–Crippen MR) is 104 cm³/mol. The normalized spacial score (nSPS) is 10.4. The van der Waals surface area contributed by atoms with E-state index < -0.39 is 0 Å². The molecule has 25 heavy (non-hydrogen) atoms. The minimum Gasteiger partial charge on any atom is -0.506 e. The Morgan fingerprint density at radius 2 is 2.12 bits per heavy atom. The van der Waals surface area contributed by atoms with Gasteiger partial charge in [-0.05, 0) is 42.5 Å². The van der Waals surface area contributed by atoms with Crippen molar-refractivity contribution in [3.63, 3.8) is 0 Å². The number of hydrogen-bond acceptors (Lipinski definition) is 5. The average molecular weight is 372 g/mol. The molecule has 3 N–H and O–H groups in total. The van der Waals surface area contributed by atoms with Gasteiger partial charge in [0.1, 0.15) is 17.1 Å². The van der Waals surface area contributed by atoms with Gasteiger partial charge < -0.3 is 15.7 Å². The molecular weight excluding hydrogens is 358 g/mol. The van der Waals surface area contributed by atoms with Crippen molar-refractivity contribution in [2.24, 2.45) is 0 Å². The highest BCUT2D eigenvalue weighted by molar-refractivity contribution is 7.80. The van der Waals surface area contributed by atoms with Crippen molar-refractivity contribution in [2.45, 2.75) is 0 Å². The molecule has 0 aliphatic heterocycles. The first-order valence-corrected chi connectivity index (χ1v) is 8.14. The third-order valence-corrected chi connectivity index (χ3v) is 3.85. The number of phenolic OH excluding ortho intramolecular Hbond substituents is 1. The average Bonchev–Trinajstić information content (AvgIpc) is 2.61. The molecule has 0 bridgehead atoms. The molecule has 8 heteroatoms. The van der Waals surface area contributed by atoms with Crippen molar-refractivity contribution in [3.05, 3.63) is 54.2 Å². The minimum absolute atomic E-state index is 0.0179. The summed E-state index contributed by atoms with van der Waals surface area (Å²) in [4.78, 5) is 13.3. The third kappa shape index (κ3) is 4.01. The van der Waals surface area contributed by atoms with Gasteiger partial charge in [-0.2, -0.15) is 0 Å². The summed E-state index contributed by atoms with van der Waals surface area (Å²) in [6.07, 6.45) is 3.35. The third-order valence-electron chi connectivity index (χ3n) is 3.30. The highest BCUT2D eigenvalue weighted by Crippen LogP contribution is 2.28. The second-order valence-electron chi connectivity index (χ2n) is 5.08. The molecule has 3 aromatic rings. The Balaban J connectivity index is 1.91. The maximum atomic E-state index is 9.53. The topological polar surface area (TPSA) is 83.0 Å². The van der Waals surface area contributed by atoms with E-state index in [2.05, 4.69) is 32.2 Å². The summed E-state index contributed by atoms with van der Waals surface area (Å²) in [6.45, 7) is 4.18. The van der Waals surface area contributed by atoms with Gasteiger partial charge in [-0.25, -0.2) is 9.97 Å². The summed E-state index contributed by atoms with van der Waals surface area (Å²) in [5.41, 5.74) is 2.47. The van der Waals surface area contributed by atoms with Crippen molar-refractivity contribution in [1.29, 1.82) is 0 Å². The summed E-state index contributed by atoms with van der Waals surface area (Å²) in [5.74, 6) is 0.577. The Hall–Kier alpha value is -2.77. The van der Waals surface area contributed by atoms with Gasteiger partial charge in [-0.15, -0.1) is 6.58 Å². The van der Waals surface area contributed by atoms with Crippen molar-refractivity contribution in [3.8, 4) is 17.0 Å². The van der Waals surface area contributed by atoms with Crippen LogP contribution < -0.4 is 10.6 Å². The zero-order valence-electron chi connectivity index (χ0n) is 13.0. The Morgan fingerprint density at radius 3 is 2.88 bits per heavy atom. The number of aromatic hydroxyl groups is 1. The summed E-state index contributed by atoms with van der Waals surface area (Å²) >= 11 is 11.1. The van der Waals surface area contributed by atoms with E-state index in [9.17, 15) is 5.11 Å². The van der Waals surface area contributed by atoms with E-state index in [4.69, 9.17) is 23.8 Å². The molecule has 1 aromatic carbocycles. The molecule has 2 aromatic heterocycles. The van der Waals surface area contributed by atoms with Crippen molar-refractivity contribution < 1.29 is 5.11 Å². The molecule has 0 saturated heterocycles. The molecule has 0 spiro atoms. The SMILES string of the molecule is C=CCNC(=S)Nc1ccc2ncc(-c3ccc(O)c(Cl)c3)nc2n1. The molecule has 0 aliphatic rings. The number of aromatic nitrogens is 3. The van der Waals surface area contributed by atoms with Crippen LogP contribution in [0.3, 0.4) is 0 Å². The van der Waals surface area contributed by atoms with Crippen LogP contribution in [0.4, 0.5) is 5.82 Å². The minimum atomic E-state index is 0.0179. The summed E-state index contributed by atoms with van der Waals surface area (Å²) in [7, 11) is 0. The molecule has 0 aliphatic carbocycles. The number of nitrogens with zero attached hydrogens (tertiary/aromatic N) is 3. The smallest absolute Gasteiger partial charge is 0.180 e. The van der Waals surface area contributed by atoms with E-state index in [1.54, 1.807) is 36.5 Å². The van der Waals surface area contributed by atoms with E-state index in [1.807, 2.05) is 0 Å². The number of thiocarbonyl (C=S) groups is 1. The molecule has 0 amide bonds. The molecule has 0 radical (unpaired) electrons. The lowest BCUT2D eigenvalue weighted by atomic mass is 10.1. The Bertz CT molecular complexity index is 963. The molecule has 0 atom stereocenters.